The zero-order valence-electron chi connectivity index (χ0n) is 11.5. The van der Waals surface area contributed by atoms with Crippen molar-refractivity contribution < 1.29 is 14.3 Å². The summed E-state index contributed by atoms with van der Waals surface area (Å²) in [4.78, 5) is 23.9. The van der Waals surface area contributed by atoms with Gasteiger partial charge in [0.15, 0.2) is 6.61 Å². The topological polar surface area (TPSA) is 67.4 Å². The molecule has 0 radical (unpaired) electrons. The number of rotatable bonds is 4. The number of halogens is 2. The molecule has 0 saturated heterocycles. The summed E-state index contributed by atoms with van der Waals surface area (Å²) in [5.74, 6) is -0.225. The predicted octanol–water partition coefficient (Wildman–Crippen LogP) is 3.42. The number of carbonyl (C=O) groups excluding carboxylic acids is 2. The summed E-state index contributed by atoms with van der Waals surface area (Å²) in [6.07, 6.45) is 0. The van der Waals surface area contributed by atoms with Crippen LogP contribution in [0.25, 0.3) is 0 Å². The number of hydrazine groups is 1. The van der Waals surface area contributed by atoms with E-state index in [0.717, 1.165) is 13.8 Å². The lowest BCUT2D eigenvalue weighted by molar-refractivity contribution is -0.123. The Labute approximate surface area is 148 Å². The first-order chi connectivity index (χ1) is 10.5. The van der Waals surface area contributed by atoms with E-state index >= 15 is 0 Å². The van der Waals surface area contributed by atoms with Crippen LogP contribution in [-0.2, 0) is 4.79 Å². The van der Waals surface area contributed by atoms with Gasteiger partial charge in [-0.1, -0.05) is 12.1 Å². The van der Waals surface area contributed by atoms with E-state index in [1.54, 1.807) is 12.1 Å². The largest absolute Gasteiger partial charge is 0.484 e. The molecule has 22 heavy (non-hydrogen) atoms. The Morgan fingerprint density at radius 3 is 2.64 bits per heavy atom. The molecule has 2 aromatic rings. The Kier molecular flexibility index (Phi) is 5.98. The summed E-state index contributed by atoms with van der Waals surface area (Å²) in [6, 6.07) is 9.03. The Bertz CT molecular complexity index is 684. The summed E-state index contributed by atoms with van der Waals surface area (Å²) in [6.45, 7) is 1.76. The van der Waals surface area contributed by atoms with Crippen molar-refractivity contribution in [3.05, 3.63) is 49.0 Å². The predicted molar refractivity (Wildman–Crippen MR) is 92.0 cm³/mol. The molecule has 2 rings (SSSR count). The molecule has 2 N–H and O–H groups in total. The Balaban J connectivity index is 1.79. The third kappa shape index (κ3) is 4.82. The Morgan fingerprint density at radius 2 is 2.00 bits per heavy atom. The summed E-state index contributed by atoms with van der Waals surface area (Å²) < 4.78 is 6.93. The van der Waals surface area contributed by atoms with Gasteiger partial charge in [0.05, 0.1) is 8.66 Å². The molecule has 0 aliphatic heterocycles. The first kappa shape index (κ1) is 17.0. The van der Waals surface area contributed by atoms with Crippen LogP contribution in [-0.4, -0.2) is 18.4 Å². The highest BCUT2D eigenvalue weighted by Gasteiger charge is 2.12. The van der Waals surface area contributed by atoms with Crippen molar-refractivity contribution in [2.45, 2.75) is 6.92 Å². The van der Waals surface area contributed by atoms with E-state index in [9.17, 15) is 9.59 Å². The minimum Gasteiger partial charge on any atom is -0.484 e. The van der Waals surface area contributed by atoms with Gasteiger partial charge in [-0.3, -0.25) is 20.4 Å². The second kappa shape index (κ2) is 7.75. The van der Waals surface area contributed by atoms with Crippen molar-refractivity contribution in [3.63, 3.8) is 0 Å². The van der Waals surface area contributed by atoms with Crippen LogP contribution in [0.2, 0.25) is 0 Å². The van der Waals surface area contributed by atoms with Crippen LogP contribution in [0.1, 0.15) is 15.2 Å². The maximum absolute atomic E-state index is 11.8. The van der Waals surface area contributed by atoms with Crippen LogP contribution >= 0.6 is 43.2 Å². The van der Waals surface area contributed by atoms with E-state index < -0.39 is 5.91 Å². The molecule has 0 atom stereocenters. The molecule has 0 saturated carbocycles. The monoisotopic (exact) mass is 446 g/mol. The highest BCUT2D eigenvalue weighted by Crippen LogP contribution is 2.32. The van der Waals surface area contributed by atoms with Gasteiger partial charge in [-0.2, -0.15) is 0 Å². The van der Waals surface area contributed by atoms with Gasteiger partial charge in [0.2, 0.25) is 0 Å². The lowest BCUT2D eigenvalue weighted by atomic mass is 10.2. The molecule has 2 amide bonds. The van der Waals surface area contributed by atoms with Gasteiger partial charge in [0.1, 0.15) is 5.75 Å². The lowest BCUT2D eigenvalue weighted by Crippen LogP contribution is -2.43. The standard InChI is InChI=1S/C14H12Br2N2O3S/c1-8-3-2-4-9(5-8)21-7-12(19)17-18-14(20)11-6-10(15)13(16)22-11/h2-6H,7H2,1H3,(H,17,19)(H,18,20). The molecule has 0 fully saturated rings. The van der Waals surface area contributed by atoms with Crippen molar-refractivity contribution in [1.82, 2.24) is 10.9 Å². The van der Waals surface area contributed by atoms with Crippen LogP contribution in [0, 0.1) is 6.92 Å². The maximum Gasteiger partial charge on any atom is 0.279 e. The molecule has 0 unspecified atom stereocenters. The van der Waals surface area contributed by atoms with Crippen molar-refractivity contribution in [1.29, 1.82) is 0 Å². The maximum atomic E-state index is 11.8. The molecule has 0 aliphatic rings. The van der Waals surface area contributed by atoms with Gasteiger partial charge >= 0.3 is 0 Å². The van der Waals surface area contributed by atoms with Gasteiger partial charge in [0, 0.05) is 4.47 Å². The summed E-state index contributed by atoms with van der Waals surface area (Å²) in [5.41, 5.74) is 5.69. The molecule has 8 heteroatoms. The van der Waals surface area contributed by atoms with Crippen molar-refractivity contribution >= 4 is 55.0 Å². The number of hydrogen-bond donors (Lipinski definition) is 2. The molecular weight excluding hydrogens is 436 g/mol. The van der Waals surface area contributed by atoms with Crippen LogP contribution in [0.5, 0.6) is 5.75 Å². The minimum atomic E-state index is -0.440. The number of aryl methyl sites for hydroxylation is 1. The van der Waals surface area contributed by atoms with Crippen molar-refractivity contribution in [2.75, 3.05) is 6.61 Å². The SMILES string of the molecule is Cc1cccc(OCC(=O)NNC(=O)c2cc(Br)c(Br)s2)c1. The van der Waals surface area contributed by atoms with E-state index in [2.05, 4.69) is 42.7 Å². The van der Waals surface area contributed by atoms with E-state index in [-0.39, 0.29) is 12.5 Å². The molecule has 1 aromatic carbocycles. The zero-order chi connectivity index (χ0) is 16.1. The molecule has 1 heterocycles. The molecule has 0 aliphatic carbocycles. The van der Waals surface area contributed by atoms with Crippen LogP contribution in [0.4, 0.5) is 0 Å². The molecule has 5 nitrogen and oxygen atoms in total. The van der Waals surface area contributed by atoms with E-state index in [4.69, 9.17) is 4.74 Å². The fourth-order valence-corrected chi connectivity index (χ4v) is 3.47. The first-order valence-electron chi connectivity index (χ1n) is 6.19. The van der Waals surface area contributed by atoms with E-state index in [0.29, 0.717) is 10.6 Å². The third-order valence-electron chi connectivity index (χ3n) is 2.54. The number of thiophene rings is 1. The highest BCUT2D eigenvalue weighted by atomic mass is 79.9. The summed E-state index contributed by atoms with van der Waals surface area (Å²) in [7, 11) is 0. The normalized spacial score (nSPS) is 10.1. The number of amides is 2. The average molecular weight is 448 g/mol. The molecule has 0 spiro atoms. The highest BCUT2D eigenvalue weighted by molar-refractivity contribution is 9.13. The van der Waals surface area contributed by atoms with Gasteiger partial charge < -0.3 is 4.74 Å². The van der Waals surface area contributed by atoms with Crippen LogP contribution < -0.4 is 15.6 Å². The zero-order valence-corrected chi connectivity index (χ0v) is 15.5. The second-order valence-electron chi connectivity index (χ2n) is 4.34. The molecule has 0 bridgehead atoms. The van der Waals surface area contributed by atoms with Crippen LogP contribution in [0.3, 0.4) is 0 Å². The number of carbonyl (C=O) groups is 2. The van der Waals surface area contributed by atoms with Crippen molar-refractivity contribution in [3.8, 4) is 5.75 Å². The van der Waals surface area contributed by atoms with Gasteiger partial charge in [-0.05, 0) is 62.5 Å². The summed E-state index contributed by atoms with van der Waals surface area (Å²) >= 11 is 7.86. The van der Waals surface area contributed by atoms with Crippen molar-refractivity contribution in [2.24, 2.45) is 0 Å². The molecule has 1 aromatic heterocycles. The lowest BCUT2D eigenvalue weighted by Gasteiger charge is -2.08. The minimum absolute atomic E-state index is 0.179. The number of benzene rings is 1. The molecule has 116 valence electrons. The average Bonchev–Trinajstić information content (AvgIpc) is 2.82. The fourth-order valence-electron chi connectivity index (χ4n) is 1.54. The fraction of sp³-hybridized carbons (Fsp3) is 0.143. The number of ether oxygens (including phenoxy) is 1. The van der Waals surface area contributed by atoms with Crippen LogP contribution in [0.15, 0.2) is 38.6 Å². The van der Waals surface area contributed by atoms with Gasteiger partial charge in [-0.25, -0.2) is 0 Å². The summed E-state index contributed by atoms with van der Waals surface area (Å²) in [5, 5.41) is 0. The number of hydrogen-bond acceptors (Lipinski definition) is 4. The smallest absolute Gasteiger partial charge is 0.279 e. The van der Waals surface area contributed by atoms with E-state index in [1.807, 2.05) is 25.1 Å². The molecular formula is C14H12Br2N2O3S. The third-order valence-corrected chi connectivity index (χ3v) is 5.80. The quantitative estimate of drug-likeness (QED) is 0.705. The first-order valence-corrected chi connectivity index (χ1v) is 8.59. The number of nitrogens with one attached hydrogen (secondary N) is 2. The Hall–Kier alpha value is -1.38. The van der Waals surface area contributed by atoms with Gasteiger partial charge in [-0.15, -0.1) is 11.3 Å². The van der Waals surface area contributed by atoms with E-state index in [1.165, 1.54) is 11.3 Å². The Morgan fingerprint density at radius 1 is 1.23 bits per heavy atom. The van der Waals surface area contributed by atoms with Gasteiger partial charge in [0.25, 0.3) is 11.8 Å². The second-order valence-corrected chi connectivity index (χ2v) is 7.56.